The van der Waals surface area contributed by atoms with Gasteiger partial charge in [-0.2, -0.15) is 0 Å². The largest absolute Gasteiger partial charge is 0.489 e. The molecule has 0 fully saturated rings. The van der Waals surface area contributed by atoms with E-state index in [1.54, 1.807) is 0 Å². The summed E-state index contributed by atoms with van der Waals surface area (Å²) in [4.78, 5) is 0. The lowest BCUT2D eigenvalue weighted by Gasteiger charge is -2.06. The molecule has 0 aliphatic carbocycles. The molecule has 3 N–H and O–H groups in total. The lowest BCUT2D eigenvalue weighted by atomic mass is 10.2. The number of hydrazine groups is 1. The Morgan fingerprint density at radius 3 is 2.56 bits per heavy atom. The molecular formula is C21H19BrN3OS+. The Bertz CT molecular complexity index is 914. The molecule has 3 rings (SSSR count). The summed E-state index contributed by atoms with van der Waals surface area (Å²) in [6.07, 6.45) is 1.82. The second kappa shape index (κ2) is 9.85. The van der Waals surface area contributed by atoms with E-state index in [0.717, 1.165) is 27.0 Å². The third-order valence-electron chi connectivity index (χ3n) is 3.63. The van der Waals surface area contributed by atoms with Crippen LogP contribution in [0.4, 0.5) is 5.69 Å². The molecule has 27 heavy (non-hydrogen) atoms. The highest BCUT2D eigenvalue weighted by Gasteiger charge is 2.00. The van der Waals surface area contributed by atoms with Gasteiger partial charge in [-0.15, -0.1) is 10.5 Å². The fraction of sp³-hybridized carbons (Fsp3) is 0.0476. The van der Waals surface area contributed by atoms with Crippen molar-refractivity contribution in [2.75, 3.05) is 5.32 Å². The number of para-hydroxylation sites is 1. The number of hydrogen-bond acceptors (Lipinski definition) is 2. The van der Waals surface area contributed by atoms with Gasteiger partial charge in [0.05, 0.1) is 0 Å². The number of thiocarbonyl (C=S) groups is 1. The summed E-state index contributed by atoms with van der Waals surface area (Å²) in [5, 5.41) is 6.57. The second-order valence-electron chi connectivity index (χ2n) is 5.72. The van der Waals surface area contributed by atoms with E-state index in [2.05, 4.69) is 31.8 Å². The molecule has 0 heterocycles. The van der Waals surface area contributed by atoms with Crippen LogP contribution in [0.2, 0.25) is 0 Å². The Hall–Kier alpha value is -2.70. The van der Waals surface area contributed by atoms with Gasteiger partial charge in [-0.05, 0) is 60.2 Å². The summed E-state index contributed by atoms with van der Waals surface area (Å²) in [7, 11) is 0. The van der Waals surface area contributed by atoms with E-state index in [0.29, 0.717) is 11.7 Å². The minimum absolute atomic E-state index is 0.486. The van der Waals surface area contributed by atoms with E-state index in [-0.39, 0.29) is 0 Å². The lowest BCUT2D eigenvalue weighted by molar-refractivity contribution is -0.499. The molecule has 3 aromatic rings. The van der Waals surface area contributed by atoms with Crippen LogP contribution in [0, 0.1) is 0 Å². The summed E-state index contributed by atoms with van der Waals surface area (Å²) in [5.41, 5.74) is 5.95. The Balaban J connectivity index is 1.51. The predicted octanol–water partition coefficient (Wildman–Crippen LogP) is 3.43. The number of nitrogens with one attached hydrogen (secondary N) is 3. The molecule has 0 saturated heterocycles. The maximum absolute atomic E-state index is 5.86. The van der Waals surface area contributed by atoms with E-state index in [9.17, 15) is 0 Å². The molecule has 0 atom stereocenters. The maximum Gasteiger partial charge on any atom is 0.228 e. The maximum atomic E-state index is 5.86. The van der Waals surface area contributed by atoms with E-state index >= 15 is 0 Å². The molecule has 0 aromatic heterocycles. The van der Waals surface area contributed by atoms with Crippen molar-refractivity contribution in [1.82, 2.24) is 5.43 Å². The number of hydrazone groups is 1. The summed E-state index contributed by atoms with van der Waals surface area (Å²) in [5.74, 6) is 0.804. The molecule has 136 valence electrons. The highest BCUT2D eigenvalue weighted by molar-refractivity contribution is 9.10. The van der Waals surface area contributed by atoms with Gasteiger partial charge >= 0.3 is 0 Å². The standard InChI is InChI=1S/C21H18BrN3OS/c22-18-11-9-16(10-12-18)15-26-20-8-4-5-17(13-20)14-23-25-21(27)24-19-6-2-1-3-7-19/h1-14H,15H2,(H2,24,25,27)/p+1. The number of rotatable bonds is 6. The summed E-state index contributed by atoms with van der Waals surface area (Å²) < 4.78 is 6.91. The number of anilines is 1. The van der Waals surface area contributed by atoms with Gasteiger partial charge in [0.25, 0.3) is 0 Å². The van der Waals surface area contributed by atoms with Crippen molar-refractivity contribution in [2.24, 2.45) is 0 Å². The van der Waals surface area contributed by atoms with Gasteiger partial charge in [-0.1, -0.05) is 52.3 Å². The van der Waals surface area contributed by atoms with Crippen LogP contribution in [-0.4, -0.2) is 11.3 Å². The molecule has 3 aromatic carbocycles. The average Bonchev–Trinajstić information content (AvgIpc) is 2.69. The summed E-state index contributed by atoms with van der Waals surface area (Å²) in [6, 6.07) is 25.7. The predicted molar refractivity (Wildman–Crippen MR) is 117 cm³/mol. The Morgan fingerprint density at radius 2 is 1.78 bits per heavy atom. The molecule has 0 radical (unpaired) electrons. The fourth-order valence-corrected chi connectivity index (χ4v) is 2.75. The minimum atomic E-state index is 0.486. The molecule has 0 spiro atoms. The molecule has 0 amide bonds. The topological polar surface area (TPSA) is 47.3 Å². The first-order chi connectivity index (χ1) is 13.2. The van der Waals surface area contributed by atoms with Crippen molar-refractivity contribution < 1.29 is 9.84 Å². The smallest absolute Gasteiger partial charge is 0.228 e. The number of benzene rings is 3. The molecule has 6 heteroatoms. The van der Waals surface area contributed by atoms with Crippen LogP contribution in [0.15, 0.2) is 83.3 Å². The van der Waals surface area contributed by atoms with Gasteiger partial charge in [-0.3, -0.25) is 0 Å². The lowest BCUT2D eigenvalue weighted by Crippen LogP contribution is -2.82. The zero-order chi connectivity index (χ0) is 18.9. The number of halogens is 1. The summed E-state index contributed by atoms with van der Waals surface area (Å²) >= 11 is 8.68. The van der Waals surface area contributed by atoms with Gasteiger partial charge < -0.3 is 10.1 Å². The second-order valence-corrected chi connectivity index (χ2v) is 7.05. The van der Waals surface area contributed by atoms with Crippen molar-refractivity contribution in [2.45, 2.75) is 6.61 Å². The molecule has 0 bridgehead atoms. The highest BCUT2D eigenvalue weighted by atomic mass is 79.9. The van der Waals surface area contributed by atoms with Crippen molar-refractivity contribution in [3.63, 3.8) is 0 Å². The van der Waals surface area contributed by atoms with Crippen LogP contribution >= 0.6 is 28.1 Å². The number of ether oxygens (including phenoxy) is 1. The monoisotopic (exact) mass is 440 g/mol. The van der Waals surface area contributed by atoms with Gasteiger partial charge in [0.2, 0.25) is 5.11 Å². The van der Waals surface area contributed by atoms with E-state index in [4.69, 9.17) is 17.0 Å². The Labute approximate surface area is 172 Å². The SMILES string of the molecule is S=C(N[NH+]=Cc1cccc(OCc2ccc(Br)cc2)c1)Nc1ccccc1. The average molecular weight is 441 g/mol. The zero-order valence-corrected chi connectivity index (χ0v) is 16.9. The van der Waals surface area contributed by atoms with Crippen LogP contribution < -0.4 is 20.6 Å². The summed E-state index contributed by atoms with van der Waals surface area (Å²) in [6.45, 7) is 0.521. The van der Waals surface area contributed by atoms with Crippen molar-refractivity contribution >= 4 is 45.2 Å². The van der Waals surface area contributed by atoms with Crippen molar-refractivity contribution in [3.05, 3.63) is 94.5 Å². The molecule has 0 aliphatic heterocycles. The quantitative estimate of drug-likeness (QED) is 0.312. The molecule has 0 unspecified atom stereocenters. The van der Waals surface area contributed by atoms with Gasteiger partial charge in [0.1, 0.15) is 12.4 Å². The minimum Gasteiger partial charge on any atom is -0.489 e. The van der Waals surface area contributed by atoms with E-state index in [1.807, 2.05) is 85.1 Å². The van der Waals surface area contributed by atoms with Crippen LogP contribution in [0.25, 0.3) is 0 Å². The van der Waals surface area contributed by atoms with Crippen LogP contribution in [0.5, 0.6) is 5.75 Å². The first kappa shape index (κ1) is 19.1. The number of hydrogen-bond donors (Lipinski definition) is 3. The van der Waals surface area contributed by atoms with Gasteiger partial charge in [0, 0.05) is 15.7 Å². The fourth-order valence-electron chi connectivity index (χ4n) is 2.31. The molecule has 0 saturated carbocycles. The molecule has 0 aliphatic rings. The van der Waals surface area contributed by atoms with Crippen LogP contribution in [0.1, 0.15) is 11.1 Å². The Morgan fingerprint density at radius 1 is 1.00 bits per heavy atom. The van der Waals surface area contributed by atoms with Gasteiger partial charge in [0.15, 0.2) is 6.21 Å². The van der Waals surface area contributed by atoms with E-state index < -0.39 is 0 Å². The van der Waals surface area contributed by atoms with Crippen LogP contribution in [0.3, 0.4) is 0 Å². The molecular weight excluding hydrogens is 422 g/mol. The third kappa shape index (κ3) is 6.51. The first-order valence-corrected chi connectivity index (χ1v) is 9.57. The van der Waals surface area contributed by atoms with E-state index in [1.165, 1.54) is 0 Å². The Kier molecular flexibility index (Phi) is 6.96. The third-order valence-corrected chi connectivity index (χ3v) is 4.37. The normalized spacial score (nSPS) is 10.6. The zero-order valence-electron chi connectivity index (χ0n) is 14.5. The first-order valence-electron chi connectivity index (χ1n) is 8.37. The van der Waals surface area contributed by atoms with Gasteiger partial charge in [-0.25, -0.2) is 0 Å². The molecule has 4 nitrogen and oxygen atoms in total. The van der Waals surface area contributed by atoms with Crippen LogP contribution in [-0.2, 0) is 6.61 Å². The van der Waals surface area contributed by atoms with Crippen molar-refractivity contribution in [1.29, 1.82) is 0 Å². The van der Waals surface area contributed by atoms with Crippen molar-refractivity contribution in [3.8, 4) is 5.75 Å². The highest BCUT2D eigenvalue weighted by Crippen LogP contribution is 2.15.